The highest BCUT2D eigenvalue weighted by Crippen LogP contribution is 2.51. The van der Waals surface area contributed by atoms with Gasteiger partial charge in [0.15, 0.2) is 0 Å². The molecule has 190 valence electrons. The highest BCUT2D eigenvalue weighted by atomic mass is 16.3. The monoisotopic (exact) mass is 488 g/mol. The average Bonchev–Trinajstić information content (AvgIpc) is 3.56. The number of amides is 1. The second kappa shape index (κ2) is 9.61. The zero-order valence-electron chi connectivity index (χ0n) is 21.0. The molecule has 0 radical (unpaired) electrons. The predicted octanol–water partition coefficient (Wildman–Crippen LogP) is 2.17. The van der Waals surface area contributed by atoms with Crippen molar-refractivity contribution in [2.75, 3.05) is 46.4 Å². The van der Waals surface area contributed by atoms with Gasteiger partial charge in [0.25, 0.3) is 5.56 Å². The molecule has 3 fully saturated rings. The molecule has 1 aliphatic carbocycles. The van der Waals surface area contributed by atoms with Gasteiger partial charge in [-0.05, 0) is 49.6 Å². The third kappa shape index (κ3) is 4.23. The molecule has 0 unspecified atom stereocenters. The number of aliphatic hydroxyl groups is 1. The van der Waals surface area contributed by atoms with Crippen LogP contribution in [0, 0.1) is 17.8 Å². The van der Waals surface area contributed by atoms with Crippen LogP contribution in [0.3, 0.4) is 0 Å². The van der Waals surface area contributed by atoms with Gasteiger partial charge in [-0.15, -0.1) is 0 Å². The van der Waals surface area contributed by atoms with Crippen LogP contribution in [0.25, 0.3) is 12.2 Å². The molecule has 0 bridgehead atoms. The molecule has 1 N–H and O–H groups in total. The molecule has 2 saturated heterocycles. The lowest BCUT2D eigenvalue weighted by atomic mass is 9.88. The molecular weight excluding hydrogens is 452 g/mol. The number of rotatable bonds is 6. The number of benzene rings is 1. The maximum absolute atomic E-state index is 13.8. The van der Waals surface area contributed by atoms with Gasteiger partial charge in [-0.2, -0.15) is 0 Å². The summed E-state index contributed by atoms with van der Waals surface area (Å²) in [7, 11) is 2.09. The van der Waals surface area contributed by atoms with E-state index in [1.54, 1.807) is 0 Å². The fourth-order valence-electron chi connectivity index (χ4n) is 6.50. The van der Waals surface area contributed by atoms with Crippen LogP contribution in [0.15, 0.2) is 47.3 Å². The van der Waals surface area contributed by atoms with E-state index in [0.717, 1.165) is 44.0 Å². The predicted molar refractivity (Wildman–Crippen MR) is 140 cm³/mol. The van der Waals surface area contributed by atoms with Crippen LogP contribution in [0.4, 0.5) is 0 Å². The maximum Gasteiger partial charge on any atom is 0.258 e. The molecule has 0 spiro atoms. The lowest BCUT2D eigenvalue weighted by Gasteiger charge is -2.38. The van der Waals surface area contributed by atoms with Crippen molar-refractivity contribution in [3.05, 3.63) is 69.6 Å². The highest BCUT2D eigenvalue weighted by Gasteiger charge is 2.56. The minimum absolute atomic E-state index is 0.00372. The van der Waals surface area contributed by atoms with Crippen LogP contribution in [-0.2, 0) is 11.3 Å². The van der Waals surface area contributed by atoms with Gasteiger partial charge in [0.2, 0.25) is 5.91 Å². The Morgan fingerprint density at radius 1 is 1.03 bits per heavy atom. The summed E-state index contributed by atoms with van der Waals surface area (Å²) in [5.74, 6) is 0.674. The molecule has 2 aromatic rings. The Morgan fingerprint density at radius 3 is 2.47 bits per heavy atom. The molecular formula is C29H36N4O3. The topological polar surface area (TPSA) is 69.0 Å². The van der Waals surface area contributed by atoms with Gasteiger partial charge in [-0.3, -0.25) is 14.5 Å². The number of pyridine rings is 1. The number of fused-ring (bicyclic) bond motifs is 3. The van der Waals surface area contributed by atoms with Gasteiger partial charge in [0.05, 0.1) is 12.1 Å². The Morgan fingerprint density at radius 2 is 1.78 bits per heavy atom. The molecule has 4 heterocycles. The van der Waals surface area contributed by atoms with Crippen molar-refractivity contribution < 1.29 is 9.90 Å². The number of hydrogen-bond donors (Lipinski definition) is 1. The molecule has 36 heavy (non-hydrogen) atoms. The van der Waals surface area contributed by atoms with Crippen molar-refractivity contribution in [3.63, 3.8) is 0 Å². The zero-order valence-corrected chi connectivity index (χ0v) is 21.0. The van der Waals surface area contributed by atoms with Crippen molar-refractivity contribution in [1.82, 2.24) is 19.3 Å². The molecule has 1 saturated carbocycles. The van der Waals surface area contributed by atoms with E-state index in [1.165, 1.54) is 12.8 Å². The van der Waals surface area contributed by atoms with Crippen molar-refractivity contribution in [2.24, 2.45) is 17.8 Å². The zero-order chi connectivity index (χ0) is 24.8. The molecule has 7 nitrogen and oxygen atoms in total. The van der Waals surface area contributed by atoms with E-state index in [9.17, 15) is 14.7 Å². The normalized spacial score (nSPS) is 28.6. The summed E-state index contributed by atoms with van der Waals surface area (Å²) in [6.07, 6.45) is 6.26. The van der Waals surface area contributed by atoms with E-state index in [0.29, 0.717) is 18.0 Å². The molecule has 3 aliphatic heterocycles. The lowest BCUT2D eigenvalue weighted by Crippen LogP contribution is -2.55. The summed E-state index contributed by atoms with van der Waals surface area (Å²) in [4.78, 5) is 34.0. The van der Waals surface area contributed by atoms with Gasteiger partial charge >= 0.3 is 0 Å². The third-order valence-corrected chi connectivity index (χ3v) is 8.71. The van der Waals surface area contributed by atoms with Crippen molar-refractivity contribution >= 4 is 18.1 Å². The fourth-order valence-corrected chi connectivity index (χ4v) is 6.50. The van der Waals surface area contributed by atoms with E-state index in [-0.39, 0.29) is 42.0 Å². The molecule has 1 aromatic carbocycles. The fraction of sp³-hybridized carbons (Fsp3) is 0.517. The Hall–Kier alpha value is -2.74. The molecule has 4 atom stereocenters. The Kier molecular flexibility index (Phi) is 6.32. The first-order valence-electron chi connectivity index (χ1n) is 13.4. The summed E-state index contributed by atoms with van der Waals surface area (Å²) in [5, 5.41) is 10.5. The van der Waals surface area contributed by atoms with Gasteiger partial charge in [-0.25, -0.2) is 0 Å². The van der Waals surface area contributed by atoms with Gasteiger partial charge in [-0.1, -0.05) is 36.4 Å². The minimum Gasteiger partial charge on any atom is -0.396 e. The van der Waals surface area contributed by atoms with Crippen LogP contribution in [0.2, 0.25) is 0 Å². The third-order valence-electron chi connectivity index (χ3n) is 8.71. The molecule has 1 aromatic heterocycles. The first-order chi connectivity index (χ1) is 17.5. The Labute approximate surface area is 212 Å². The second-order valence-corrected chi connectivity index (χ2v) is 11.0. The number of likely N-dealkylation sites (tertiary alicyclic amines) is 1. The van der Waals surface area contributed by atoms with Crippen LogP contribution < -0.4 is 5.56 Å². The SMILES string of the molecule is CN1CCN(C(=O)[C@H]2[C@H](CO)[C@H]3Cn4c(ccc(/C=C\c5ccccc5)c4=O)[C@H]3N2CC2CC2)CC1. The van der Waals surface area contributed by atoms with Crippen LogP contribution in [-0.4, -0.2) is 82.7 Å². The van der Waals surface area contributed by atoms with Gasteiger partial charge in [0.1, 0.15) is 0 Å². The number of piperazine rings is 1. The lowest BCUT2D eigenvalue weighted by molar-refractivity contribution is -0.140. The number of hydrogen-bond acceptors (Lipinski definition) is 5. The summed E-state index contributed by atoms with van der Waals surface area (Å²) < 4.78 is 1.90. The van der Waals surface area contributed by atoms with Crippen molar-refractivity contribution in [2.45, 2.75) is 31.5 Å². The summed E-state index contributed by atoms with van der Waals surface area (Å²) in [6, 6.07) is 13.7. The van der Waals surface area contributed by atoms with Crippen LogP contribution in [0.1, 0.15) is 35.7 Å². The standard InChI is InChI=1S/C29H36N4O3/c1-30-13-15-31(16-14-30)29(36)27-24(19-34)23-18-32-25(26(23)33(27)17-21-7-8-21)12-11-22(28(32)35)10-9-20-5-3-2-4-6-20/h2-6,9-12,21,23-24,26-27,34H,7-8,13-19H2,1H3/b10-9-/t23-,24-,26+,27-/m1/s1. The van der Waals surface area contributed by atoms with E-state index < -0.39 is 0 Å². The number of nitrogens with zero attached hydrogens (tertiary/aromatic N) is 4. The van der Waals surface area contributed by atoms with E-state index >= 15 is 0 Å². The van der Waals surface area contributed by atoms with E-state index in [2.05, 4.69) is 22.9 Å². The first-order valence-corrected chi connectivity index (χ1v) is 13.4. The summed E-state index contributed by atoms with van der Waals surface area (Å²) in [5.41, 5.74) is 2.73. The van der Waals surface area contributed by atoms with E-state index in [1.807, 2.05) is 58.0 Å². The summed E-state index contributed by atoms with van der Waals surface area (Å²) in [6.45, 7) is 4.64. The van der Waals surface area contributed by atoms with Crippen LogP contribution in [0.5, 0.6) is 0 Å². The Balaban J connectivity index is 1.32. The average molecular weight is 489 g/mol. The number of aliphatic hydroxyl groups excluding tert-OH is 1. The van der Waals surface area contributed by atoms with Crippen molar-refractivity contribution in [3.8, 4) is 0 Å². The van der Waals surface area contributed by atoms with Crippen LogP contribution >= 0.6 is 0 Å². The molecule has 6 rings (SSSR count). The number of carbonyl (C=O) groups excluding carboxylic acids is 1. The number of carbonyl (C=O) groups is 1. The minimum atomic E-state index is -0.310. The van der Waals surface area contributed by atoms with Gasteiger partial charge in [0, 0.05) is 69.0 Å². The first kappa shape index (κ1) is 23.6. The van der Waals surface area contributed by atoms with Gasteiger partial charge < -0.3 is 19.5 Å². The molecule has 1 amide bonds. The smallest absolute Gasteiger partial charge is 0.258 e. The number of likely N-dealkylation sites (N-methyl/N-ethyl adjacent to an activating group) is 1. The largest absolute Gasteiger partial charge is 0.396 e. The number of aromatic nitrogens is 1. The molecule has 4 aliphatic rings. The second-order valence-electron chi connectivity index (χ2n) is 11.0. The maximum atomic E-state index is 13.8. The Bertz CT molecular complexity index is 1200. The molecule has 7 heteroatoms. The summed E-state index contributed by atoms with van der Waals surface area (Å²) >= 11 is 0. The quantitative estimate of drug-likeness (QED) is 0.675. The van der Waals surface area contributed by atoms with Crippen molar-refractivity contribution in [1.29, 1.82) is 0 Å². The van der Waals surface area contributed by atoms with E-state index in [4.69, 9.17) is 0 Å². The highest BCUT2D eigenvalue weighted by molar-refractivity contribution is 5.83.